The molecule has 2 heteroatoms. The Bertz CT molecular complexity index is 189. The average molecular weight is 263 g/mol. The zero-order valence-corrected chi connectivity index (χ0v) is 9.47. The van der Waals surface area contributed by atoms with Gasteiger partial charge in [0.05, 0.1) is 0 Å². The van der Waals surface area contributed by atoms with Crippen LogP contribution in [0.5, 0.6) is 0 Å². The first-order valence-electron chi connectivity index (χ1n) is 2.97. The molecule has 0 aliphatic heterocycles. The molecule has 0 aromatic heterocycles. The summed E-state index contributed by atoms with van der Waals surface area (Å²) >= 11 is 1.22. The van der Waals surface area contributed by atoms with Crippen molar-refractivity contribution in [2.75, 3.05) is 0 Å². The molecule has 0 spiro atoms. The van der Waals surface area contributed by atoms with Gasteiger partial charge >= 0.3 is 74.7 Å². The van der Waals surface area contributed by atoms with E-state index in [9.17, 15) is 0 Å². The van der Waals surface area contributed by atoms with Gasteiger partial charge in [-0.3, -0.25) is 0 Å². The minimum atomic E-state index is 0.612. The van der Waals surface area contributed by atoms with Crippen molar-refractivity contribution in [3.8, 4) is 0 Å². The molecule has 0 atom stereocenters. The van der Waals surface area contributed by atoms with Gasteiger partial charge in [-0.05, 0) is 0 Å². The molecule has 0 amide bonds. The molecule has 1 radical (unpaired) electrons. The van der Waals surface area contributed by atoms with Crippen molar-refractivity contribution in [3.05, 3.63) is 24.3 Å². The molecule has 0 nitrogen and oxygen atoms in total. The second-order valence-electron chi connectivity index (χ2n) is 1.79. The van der Waals surface area contributed by atoms with E-state index in [0.29, 0.717) is 29.9 Å². The summed E-state index contributed by atoms with van der Waals surface area (Å²) in [5.74, 6) is 4.45. The van der Waals surface area contributed by atoms with Gasteiger partial charge in [-0.25, -0.2) is 0 Å². The van der Waals surface area contributed by atoms with Gasteiger partial charge in [0.15, 0.2) is 0 Å². The normalized spacial score (nSPS) is 9.80. The molecule has 0 unspecified atom stereocenters. The Kier molecular flexibility index (Phi) is 3.51. The monoisotopic (exact) mass is 265 g/mol. The fraction of sp³-hybridized carbons (Fsp3) is 0.250. The van der Waals surface area contributed by atoms with Crippen LogP contribution >= 0.6 is 0 Å². The SMILES string of the molecule is C[Se]c1[c]c([Se]C)ccc1. The first kappa shape index (κ1) is 8.36. The van der Waals surface area contributed by atoms with Crippen LogP contribution in [0, 0.1) is 6.07 Å². The van der Waals surface area contributed by atoms with E-state index in [-0.39, 0.29) is 0 Å². The molecule has 0 saturated heterocycles. The summed E-state index contributed by atoms with van der Waals surface area (Å²) in [6.07, 6.45) is 0. The zero-order chi connectivity index (χ0) is 7.40. The van der Waals surface area contributed by atoms with Crippen LogP contribution in [-0.4, -0.2) is 29.9 Å². The number of hydrogen-bond acceptors (Lipinski definition) is 0. The van der Waals surface area contributed by atoms with Gasteiger partial charge in [-0.2, -0.15) is 0 Å². The third-order valence-electron chi connectivity index (χ3n) is 1.18. The summed E-state index contributed by atoms with van der Waals surface area (Å²) in [5, 5.41) is 0. The Balaban J connectivity index is 2.87. The van der Waals surface area contributed by atoms with E-state index in [0.717, 1.165) is 0 Å². The van der Waals surface area contributed by atoms with Gasteiger partial charge in [-0.1, -0.05) is 0 Å². The fourth-order valence-corrected chi connectivity index (χ4v) is 2.78. The van der Waals surface area contributed by atoms with E-state index in [1.807, 2.05) is 0 Å². The number of rotatable bonds is 2. The Morgan fingerprint density at radius 2 is 1.60 bits per heavy atom. The van der Waals surface area contributed by atoms with Crippen LogP contribution < -0.4 is 8.92 Å². The molecular formula is C8H9Se2. The second kappa shape index (κ2) is 4.20. The van der Waals surface area contributed by atoms with E-state index in [2.05, 4.69) is 35.9 Å². The molecule has 10 heavy (non-hydrogen) atoms. The molecule has 0 saturated carbocycles. The Labute approximate surface area is 74.7 Å². The van der Waals surface area contributed by atoms with Crippen LogP contribution in [0.2, 0.25) is 11.6 Å². The molecule has 0 heterocycles. The van der Waals surface area contributed by atoms with Gasteiger partial charge in [0.25, 0.3) is 0 Å². The molecule has 0 aliphatic carbocycles. The second-order valence-corrected chi connectivity index (χ2v) is 5.35. The van der Waals surface area contributed by atoms with Crippen LogP contribution in [0.3, 0.4) is 0 Å². The van der Waals surface area contributed by atoms with Crippen molar-refractivity contribution < 1.29 is 0 Å². The quantitative estimate of drug-likeness (QED) is 0.671. The van der Waals surface area contributed by atoms with Crippen molar-refractivity contribution in [1.29, 1.82) is 0 Å². The third kappa shape index (κ3) is 2.14. The topological polar surface area (TPSA) is 0 Å². The van der Waals surface area contributed by atoms with Gasteiger partial charge in [-0.15, -0.1) is 0 Å². The van der Waals surface area contributed by atoms with Crippen molar-refractivity contribution >= 4 is 38.8 Å². The van der Waals surface area contributed by atoms with E-state index in [1.54, 1.807) is 0 Å². The van der Waals surface area contributed by atoms with E-state index in [1.165, 1.54) is 8.92 Å². The molecule has 1 aromatic rings. The third-order valence-corrected chi connectivity index (χ3v) is 4.03. The van der Waals surface area contributed by atoms with Gasteiger partial charge in [0.1, 0.15) is 0 Å². The zero-order valence-electron chi connectivity index (χ0n) is 6.05. The molecule has 1 aromatic carbocycles. The maximum atomic E-state index is 3.40. The van der Waals surface area contributed by atoms with E-state index >= 15 is 0 Å². The number of benzene rings is 1. The summed E-state index contributed by atoms with van der Waals surface area (Å²) in [4.78, 5) is 0. The Morgan fingerprint density at radius 1 is 1.10 bits per heavy atom. The molecule has 0 bridgehead atoms. The van der Waals surface area contributed by atoms with Crippen molar-refractivity contribution in [3.63, 3.8) is 0 Å². The average Bonchev–Trinajstić information content (AvgIpc) is 2.05. The first-order chi connectivity index (χ1) is 4.86. The molecule has 0 N–H and O–H groups in total. The van der Waals surface area contributed by atoms with Gasteiger partial charge < -0.3 is 0 Å². The molecule has 0 fully saturated rings. The van der Waals surface area contributed by atoms with Gasteiger partial charge in [0, 0.05) is 0 Å². The van der Waals surface area contributed by atoms with Crippen molar-refractivity contribution in [1.82, 2.24) is 0 Å². The standard InChI is InChI=1S/C8H9Se2/c1-9-7-4-3-5-8(6-7)10-2/h3-5H,1-2H3. The first-order valence-corrected chi connectivity index (χ1v) is 8.11. The van der Waals surface area contributed by atoms with Crippen LogP contribution in [0.1, 0.15) is 0 Å². The van der Waals surface area contributed by atoms with Crippen LogP contribution in [0.25, 0.3) is 0 Å². The van der Waals surface area contributed by atoms with Gasteiger partial charge in [0.2, 0.25) is 0 Å². The Hall–Kier alpha value is 0.259. The summed E-state index contributed by atoms with van der Waals surface area (Å²) in [5.41, 5.74) is 0. The van der Waals surface area contributed by atoms with Crippen molar-refractivity contribution in [2.24, 2.45) is 0 Å². The summed E-state index contributed by atoms with van der Waals surface area (Å²) in [7, 11) is 0. The van der Waals surface area contributed by atoms with Crippen molar-refractivity contribution in [2.45, 2.75) is 11.6 Å². The fourth-order valence-electron chi connectivity index (χ4n) is 0.666. The summed E-state index contributed by atoms with van der Waals surface area (Å²) in [6.45, 7) is 0. The summed E-state index contributed by atoms with van der Waals surface area (Å²) < 4.78 is 2.79. The van der Waals surface area contributed by atoms with E-state index < -0.39 is 0 Å². The molecule has 0 aliphatic rings. The van der Waals surface area contributed by atoms with Crippen LogP contribution in [0.15, 0.2) is 18.2 Å². The van der Waals surface area contributed by atoms with Crippen LogP contribution in [0.4, 0.5) is 0 Å². The maximum absolute atomic E-state index is 3.40. The molecule has 1 rings (SSSR count). The minimum absolute atomic E-state index is 0.612. The van der Waals surface area contributed by atoms with E-state index in [4.69, 9.17) is 0 Å². The Morgan fingerprint density at radius 3 is 2.00 bits per heavy atom. The summed E-state index contributed by atoms with van der Waals surface area (Å²) in [6, 6.07) is 9.86. The molecular weight excluding hydrogens is 254 g/mol. The predicted octanol–water partition coefficient (Wildman–Crippen LogP) is 0.242. The van der Waals surface area contributed by atoms with Crippen LogP contribution in [-0.2, 0) is 0 Å². The molecule has 53 valence electrons. The number of hydrogen-bond donors (Lipinski definition) is 0. The predicted molar refractivity (Wildman–Crippen MR) is 47.8 cm³/mol.